The van der Waals surface area contributed by atoms with Crippen molar-refractivity contribution >= 4 is 12.0 Å². The van der Waals surface area contributed by atoms with Gasteiger partial charge in [-0.3, -0.25) is 9.69 Å². The standard InChI is InChI=1S/C21H31N3O4/c25-19-9-5-4-8-18(19)24-12-10-17(11-13-24)23-20(26)14-22-21(27)28-15-16-6-2-1-3-7-16/h1-3,6-7,17-19,25H,4-5,8-15H2,(H,22,27)(H,23,26). The Morgan fingerprint density at radius 3 is 2.50 bits per heavy atom. The van der Waals surface area contributed by atoms with Crippen LogP contribution in [0.15, 0.2) is 30.3 Å². The number of aliphatic hydroxyl groups excluding tert-OH is 1. The summed E-state index contributed by atoms with van der Waals surface area (Å²) >= 11 is 0. The van der Waals surface area contributed by atoms with Crippen LogP contribution in [-0.2, 0) is 16.1 Å². The van der Waals surface area contributed by atoms with Crippen molar-refractivity contribution in [3.8, 4) is 0 Å². The number of carbonyl (C=O) groups excluding carboxylic acids is 2. The highest BCUT2D eigenvalue weighted by Gasteiger charge is 2.31. The normalized spacial score (nSPS) is 23.8. The third-order valence-corrected chi connectivity index (χ3v) is 5.66. The molecule has 2 fully saturated rings. The zero-order chi connectivity index (χ0) is 19.8. The maximum Gasteiger partial charge on any atom is 0.407 e. The lowest BCUT2D eigenvalue weighted by molar-refractivity contribution is -0.121. The summed E-state index contributed by atoms with van der Waals surface area (Å²) in [5.74, 6) is -0.201. The van der Waals surface area contributed by atoms with Crippen LogP contribution >= 0.6 is 0 Å². The fourth-order valence-electron chi connectivity index (χ4n) is 4.10. The summed E-state index contributed by atoms with van der Waals surface area (Å²) in [6, 6.07) is 9.79. The molecular formula is C21H31N3O4. The molecule has 154 valence electrons. The highest BCUT2D eigenvalue weighted by Crippen LogP contribution is 2.25. The van der Waals surface area contributed by atoms with Crippen molar-refractivity contribution in [2.24, 2.45) is 0 Å². The predicted octanol–water partition coefficient (Wildman–Crippen LogP) is 1.80. The van der Waals surface area contributed by atoms with Gasteiger partial charge < -0.3 is 20.5 Å². The molecule has 1 aromatic carbocycles. The zero-order valence-electron chi connectivity index (χ0n) is 16.3. The van der Waals surface area contributed by atoms with Gasteiger partial charge in [0, 0.05) is 25.2 Å². The molecule has 2 amide bonds. The number of benzene rings is 1. The van der Waals surface area contributed by atoms with E-state index in [1.54, 1.807) is 0 Å². The number of nitrogens with zero attached hydrogens (tertiary/aromatic N) is 1. The molecule has 1 heterocycles. The number of rotatable bonds is 6. The number of ether oxygens (including phenoxy) is 1. The Bertz CT molecular complexity index is 632. The van der Waals surface area contributed by atoms with Gasteiger partial charge in [-0.15, -0.1) is 0 Å². The average molecular weight is 389 g/mol. The second-order valence-corrected chi connectivity index (χ2v) is 7.71. The van der Waals surface area contributed by atoms with Crippen LogP contribution in [0.3, 0.4) is 0 Å². The van der Waals surface area contributed by atoms with Crippen LogP contribution in [0.25, 0.3) is 0 Å². The minimum Gasteiger partial charge on any atom is -0.445 e. The largest absolute Gasteiger partial charge is 0.445 e. The second kappa shape index (κ2) is 10.4. The molecule has 1 aromatic rings. The number of piperidine rings is 1. The quantitative estimate of drug-likeness (QED) is 0.690. The summed E-state index contributed by atoms with van der Waals surface area (Å²) in [4.78, 5) is 26.2. The summed E-state index contributed by atoms with van der Waals surface area (Å²) in [7, 11) is 0. The fraction of sp³-hybridized carbons (Fsp3) is 0.619. The van der Waals surface area contributed by atoms with Gasteiger partial charge in [0.05, 0.1) is 6.10 Å². The van der Waals surface area contributed by atoms with Crippen LogP contribution in [0, 0.1) is 0 Å². The number of likely N-dealkylation sites (tertiary alicyclic amines) is 1. The Balaban J connectivity index is 1.30. The second-order valence-electron chi connectivity index (χ2n) is 7.71. The van der Waals surface area contributed by atoms with Crippen molar-refractivity contribution in [3.05, 3.63) is 35.9 Å². The first-order chi connectivity index (χ1) is 13.6. The molecule has 1 saturated carbocycles. The van der Waals surface area contributed by atoms with E-state index in [0.717, 1.165) is 50.8 Å². The van der Waals surface area contributed by atoms with E-state index in [9.17, 15) is 14.7 Å². The topological polar surface area (TPSA) is 90.9 Å². The first-order valence-electron chi connectivity index (χ1n) is 10.3. The Morgan fingerprint density at radius 2 is 1.79 bits per heavy atom. The van der Waals surface area contributed by atoms with Crippen molar-refractivity contribution in [2.75, 3.05) is 19.6 Å². The Hall–Kier alpha value is -2.12. The SMILES string of the molecule is O=C(CNC(=O)OCc1ccccc1)NC1CCN(C2CCCCC2O)CC1. The minimum absolute atomic E-state index is 0.0881. The van der Waals surface area contributed by atoms with E-state index in [1.807, 2.05) is 30.3 Å². The molecule has 3 N–H and O–H groups in total. The molecule has 3 rings (SSSR count). The minimum atomic E-state index is -0.597. The lowest BCUT2D eigenvalue weighted by Crippen LogP contribution is -2.53. The highest BCUT2D eigenvalue weighted by molar-refractivity contribution is 5.82. The molecule has 0 radical (unpaired) electrons. The molecular weight excluding hydrogens is 358 g/mol. The summed E-state index contributed by atoms with van der Waals surface area (Å²) < 4.78 is 5.10. The van der Waals surface area contributed by atoms with E-state index in [0.29, 0.717) is 0 Å². The molecule has 28 heavy (non-hydrogen) atoms. The lowest BCUT2D eigenvalue weighted by atomic mass is 9.89. The molecule has 0 aromatic heterocycles. The number of aliphatic hydroxyl groups is 1. The van der Waals surface area contributed by atoms with Gasteiger partial charge in [-0.1, -0.05) is 43.2 Å². The molecule has 2 aliphatic rings. The van der Waals surface area contributed by atoms with E-state index in [2.05, 4.69) is 15.5 Å². The summed E-state index contributed by atoms with van der Waals surface area (Å²) in [5.41, 5.74) is 0.900. The Labute approximate surface area is 166 Å². The number of amides is 2. The number of hydrogen-bond acceptors (Lipinski definition) is 5. The summed E-state index contributed by atoms with van der Waals surface area (Å²) in [5, 5.41) is 15.7. The van der Waals surface area contributed by atoms with Gasteiger partial charge >= 0.3 is 6.09 Å². The van der Waals surface area contributed by atoms with Gasteiger partial charge in [-0.05, 0) is 31.2 Å². The van der Waals surface area contributed by atoms with E-state index in [-0.39, 0.29) is 37.2 Å². The molecule has 0 spiro atoms. The van der Waals surface area contributed by atoms with Gasteiger partial charge in [0.1, 0.15) is 13.2 Å². The molecule has 7 heteroatoms. The van der Waals surface area contributed by atoms with Crippen LogP contribution in [0.4, 0.5) is 4.79 Å². The van der Waals surface area contributed by atoms with E-state index < -0.39 is 6.09 Å². The fourth-order valence-corrected chi connectivity index (χ4v) is 4.10. The predicted molar refractivity (Wildman–Crippen MR) is 106 cm³/mol. The summed E-state index contributed by atoms with van der Waals surface area (Å²) in [6.45, 7) is 1.87. The molecule has 1 aliphatic carbocycles. The van der Waals surface area contributed by atoms with Crippen molar-refractivity contribution in [1.82, 2.24) is 15.5 Å². The summed E-state index contributed by atoms with van der Waals surface area (Å²) in [6.07, 6.45) is 5.18. The number of hydrogen-bond donors (Lipinski definition) is 3. The molecule has 2 unspecified atom stereocenters. The Kier molecular flexibility index (Phi) is 7.68. The first-order valence-corrected chi connectivity index (χ1v) is 10.3. The van der Waals surface area contributed by atoms with Gasteiger partial charge in [0.25, 0.3) is 0 Å². The molecule has 7 nitrogen and oxygen atoms in total. The van der Waals surface area contributed by atoms with Crippen LogP contribution in [0.5, 0.6) is 0 Å². The van der Waals surface area contributed by atoms with Gasteiger partial charge in [-0.2, -0.15) is 0 Å². The Morgan fingerprint density at radius 1 is 1.07 bits per heavy atom. The van der Waals surface area contributed by atoms with Gasteiger partial charge in [0.2, 0.25) is 5.91 Å². The van der Waals surface area contributed by atoms with Gasteiger partial charge in [-0.25, -0.2) is 4.79 Å². The third-order valence-electron chi connectivity index (χ3n) is 5.66. The molecule has 2 atom stereocenters. The van der Waals surface area contributed by atoms with E-state index >= 15 is 0 Å². The van der Waals surface area contributed by atoms with Crippen LogP contribution < -0.4 is 10.6 Å². The third kappa shape index (κ3) is 6.21. The number of carbonyl (C=O) groups is 2. The molecule has 0 bridgehead atoms. The zero-order valence-corrected chi connectivity index (χ0v) is 16.3. The highest BCUT2D eigenvalue weighted by atomic mass is 16.5. The number of alkyl carbamates (subject to hydrolysis) is 1. The molecule has 1 saturated heterocycles. The smallest absolute Gasteiger partial charge is 0.407 e. The monoisotopic (exact) mass is 389 g/mol. The van der Waals surface area contributed by atoms with Crippen LogP contribution in [-0.4, -0.2) is 59.8 Å². The van der Waals surface area contributed by atoms with Crippen molar-refractivity contribution in [1.29, 1.82) is 0 Å². The maximum absolute atomic E-state index is 12.1. The van der Waals surface area contributed by atoms with Crippen molar-refractivity contribution < 1.29 is 19.4 Å². The number of nitrogens with one attached hydrogen (secondary N) is 2. The molecule has 1 aliphatic heterocycles. The first kappa shape index (κ1) is 20.6. The van der Waals surface area contributed by atoms with Crippen molar-refractivity contribution in [3.63, 3.8) is 0 Å². The maximum atomic E-state index is 12.1. The van der Waals surface area contributed by atoms with E-state index in [1.165, 1.54) is 6.42 Å². The van der Waals surface area contributed by atoms with Gasteiger partial charge in [0.15, 0.2) is 0 Å². The van der Waals surface area contributed by atoms with Crippen LogP contribution in [0.1, 0.15) is 44.1 Å². The van der Waals surface area contributed by atoms with E-state index in [4.69, 9.17) is 4.74 Å². The average Bonchev–Trinajstić information content (AvgIpc) is 2.72. The van der Waals surface area contributed by atoms with Crippen LogP contribution in [0.2, 0.25) is 0 Å². The van der Waals surface area contributed by atoms with Crippen molar-refractivity contribution in [2.45, 2.75) is 63.3 Å². The lowest BCUT2D eigenvalue weighted by Gasteiger charge is -2.41.